The number of aliphatic hydroxyl groups is 1. The molecule has 2 fully saturated rings. The smallest absolute Gasteiger partial charge is 0.208 e. The summed E-state index contributed by atoms with van der Waals surface area (Å²) in [5.41, 5.74) is -0.465. The quantitative estimate of drug-likeness (QED) is 0.854. The molecule has 0 aromatic carbocycles. The summed E-state index contributed by atoms with van der Waals surface area (Å²) in [6.07, 6.45) is 1.72. The molecule has 0 saturated carbocycles. The van der Waals surface area contributed by atoms with E-state index in [9.17, 15) is 5.11 Å². The van der Waals surface area contributed by atoms with Crippen molar-refractivity contribution in [3.05, 3.63) is 5.01 Å². The van der Waals surface area contributed by atoms with Crippen LogP contribution in [0.25, 0.3) is 0 Å². The molecule has 0 radical (unpaired) electrons. The standard InChI is InChI=1S/C13H22N4OS/c1-9(2)11-15-16-12(19-11)17-6-4-13(18)3-5-14-7-10(13)8-17/h9-10,14,18H,3-8H2,1-2H3/t10-,13-/m0/s1. The second kappa shape index (κ2) is 5.00. The third-order valence-electron chi connectivity index (χ3n) is 4.34. The Bertz CT molecular complexity index is 450. The summed E-state index contributed by atoms with van der Waals surface area (Å²) in [5, 5.41) is 24.7. The minimum atomic E-state index is -0.465. The average molecular weight is 282 g/mol. The summed E-state index contributed by atoms with van der Waals surface area (Å²) in [6.45, 7) is 7.90. The Morgan fingerprint density at radius 2 is 2.26 bits per heavy atom. The second-order valence-corrected chi connectivity index (χ2v) is 7.02. The van der Waals surface area contributed by atoms with Crippen LogP contribution in [0.1, 0.15) is 37.6 Å². The Balaban J connectivity index is 1.73. The Morgan fingerprint density at radius 3 is 3.00 bits per heavy atom. The van der Waals surface area contributed by atoms with E-state index in [1.54, 1.807) is 11.3 Å². The van der Waals surface area contributed by atoms with Crippen molar-refractivity contribution in [2.75, 3.05) is 31.1 Å². The van der Waals surface area contributed by atoms with Gasteiger partial charge >= 0.3 is 0 Å². The van der Waals surface area contributed by atoms with Crippen molar-refractivity contribution in [3.8, 4) is 0 Å². The van der Waals surface area contributed by atoms with Gasteiger partial charge < -0.3 is 15.3 Å². The van der Waals surface area contributed by atoms with Gasteiger partial charge in [-0.15, -0.1) is 10.2 Å². The molecule has 1 aromatic heterocycles. The maximum absolute atomic E-state index is 10.6. The fourth-order valence-electron chi connectivity index (χ4n) is 2.99. The average Bonchev–Trinajstić information content (AvgIpc) is 2.87. The Morgan fingerprint density at radius 1 is 1.42 bits per heavy atom. The van der Waals surface area contributed by atoms with E-state index in [2.05, 4.69) is 34.3 Å². The summed E-state index contributed by atoms with van der Waals surface area (Å²) in [6, 6.07) is 0. The second-order valence-electron chi connectivity index (χ2n) is 6.03. The van der Waals surface area contributed by atoms with Crippen molar-refractivity contribution in [1.29, 1.82) is 0 Å². The number of rotatable bonds is 2. The zero-order valence-electron chi connectivity index (χ0n) is 11.6. The Kier molecular flexibility index (Phi) is 3.49. The lowest BCUT2D eigenvalue weighted by molar-refractivity contribution is -0.0538. The molecule has 0 spiro atoms. The normalized spacial score (nSPS) is 31.6. The molecule has 2 aliphatic heterocycles. The number of nitrogens with zero attached hydrogens (tertiary/aromatic N) is 3. The minimum Gasteiger partial charge on any atom is -0.389 e. The van der Waals surface area contributed by atoms with Crippen molar-refractivity contribution in [1.82, 2.24) is 15.5 Å². The van der Waals surface area contributed by atoms with Crippen LogP contribution in [0.15, 0.2) is 0 Å². The summed E-state index contributed by atoms with van der Waals surface area (Å²) in [7, 11) is 0. The highest BCUT2D eigenvalue weighted by Gasteiger charge is 2.43. The predicted molar refractivity (Wildman–Crippen MR) is 76.8 cm³/mol. The van der Waals surface area contributed by atoms with Gasteiger partial charge in [-0.3, -0.25) is 0 Å². The first kappa shape index (κ1) is 13.3. The van der Waals surface area contributed by atoms with Gasteiger partial charge in [0.25, 0.3) is 0 Å². The molecule has 0 bridgehead atoms. The Labute approximate surface area is 118 Å². The molecule has 19 heavy (non-hydrogen) atoms. The molecule has 106 valence electrons. The maximum atomic E-state index is 10.6. The third-order valence-corrected chi connectivity index (χ3v) is 5.62. The van der Waals surface area contributed by atoms with Crippen molar-refractivity contribution in [3.63, 3.8) is 0 Å². The zero-order chi connectivity index (χ0) is 13.5. The van der Waals surface area contributed by atoms with Gasteiger partial charge in [0, 0.05) is 31.5 Å². The fraction of sp³-hybridized carbons (Fsp3) is 0.846. The minimum absolute atomic E-state index is 0.307. The summed E-state index contributed by atoms with van der Waals surface area (Å²) >= 11 is 1.69. The van der Waals surface area contributed by atoms with E-state index >= 15 is 0 Å². The van der Waals surface area contributed by atoms with Gasteiger partial charge in [-0.1, -0.05) is 25.2 Å². The summed E-state index contributed by atoms with van der Waals surface area (Å²) < 4.78 is 0. The van der Waals surface area contributed by atoms with E-state index in [0.717, 1.165) is 49.2 Å². The lowest BCUT2D eigenvalue weighted by atomic mass is 9.76. The number of nitrogens with one attached hydrogen (secondary N) is 1. The van der Waals surface area contributed by atoms with Crippen molar-refractivity contribution >= 4 is 16.5 Å². The number of hydrogen-bond acceptors (Lipinski definition) is 6. The number of hydrogen-bond donors (Lipinski definition) is 2. The monoisotopic (exact) mass is 282 g/mol. The van der Waals surface area contributed by atoms with Crippen LogP contribution in [-0.4, -0.2) is 47.1 Å². The molecule has 2 aliphatic rings. The SMILES string of the molecule is CC(C)c1nnc(N2CC[C@@]3(O)CCNC[C@H]3C2)s1. The largest absolute Gasteiger partial charge is 0.389 e. The highest BCUT2D eigenvalue weighted by molar-refractivity contribution is 7.15. The molecule has 3 rings (SSSR count). The van der Waals surface area contributed by atoms with Crippen LogP contribution in [0.5, 0.6) is 0 Å². The van der Waals surface area contributed by atoms with Crippen molar-refractivity contribution < 1.29 is 5.11 Å². The van der Waals surface area contributed by atoms with E-state index in [1.165, 1.54) is 0 Å². The lowest BCUT2D eigenvalue weighted by Crippen LogP contribution is -2.59. The van der Waals surface area contributed by atoms with E-state index in [1.807, 2.05) is 0 Å². The molecule has 0 unspecified atom stereocenters. The highest BCUT2D eigenvalue weighted by Crippen LogP contribution is 2.36. The molecule has 0 amide bonds. The van der Waals surface area contributed by atoms with E-state index in [4.69, 9.17) is 0 Å². The van der Waals surface area contributed by atoms with Crippen LogP contribution in [0, 0.1) is 5.92 Å². The molecule has 3 heterocycles. The van der Waals surface area contributed by atoms with Gasteiger partial charge in [-0.25, -0.2) is 0 Å². The van der Waals surface area contributed by atoms with Crippen LogP contribution in [0.3, 0.4) is 0 Å². The van der Waals surface area contributed by atoms with E-state index < -0.39 is 5.60 Å². The molecule has 0 aliphatic carbocycles. The van der Waals surface area contributed by atoms with E-state index in [-0.39, 0.29) is 0 Å². The number of fused-ring (bicyclic) bond motifs is 1. The molecule has 2 atom stereocenters. The van der Waals surface area contributed by atoms with Crippen LogP contribution >= 0.6 is 11.3 Å². The van der Waals surface area contributed by atoms with Gasteiger partial charge in [-0.05, 0) is 19.4 Å². The molecule has 2 N–H and O–H groups in total. The molecule has 5 nitrogen and oxygen atoms in total. The molecule has 6 heteroatoms. The fourth-order valence-corrected chi connectivity index (χ4v) is 3.87. The number of aromatic nitrogens is 2. The van der Waals surface area contributed by atoms with Gasteiger partial charge in [0.2, 0.25) is 5.13 Å². The van der Waals surface area contributed by atoms with Crippen LogP contribution < -0.4 is 10.2 Å². The third kappa shape index (κ3) is 2.49. The predicted octanol–water partition coefficient (Wildman–Crippen LogP) is 1.21. The molecular weight excluding hydrogens is 260 g/mol. The van der Waals surface area contributed by atoms with Gasteiger partial charge in [-0.2, -0.15) is 0 Å². The number of anilines is 1. The van der Waals surface area contributed by atoms with Gasteiger partial charge in [0.1, 0.15) is 5.01 Å². The molecule has 1 aromatic rings. The highest BCUT2D eigenvalue weighted by atomic mass is 32.1. The first-order chi connectivity index (χ1) is 9.08. The lowest BCUT2D eigenvalue weighted by Gasteiger charge is -2.47. The van der Waals surface area contributed by atoms with E-state index in [0.29, 0.717) is 11.8 Å². The summed E-state index contributed by atoms with van der Waals surface area (Å²) in [4.78, 5) is 2.29. The maximum Gasteiger partial charge on any atom is 0.208 e. The van der Waals surface area contributed by atoms with Crippen LogP contribution in [0.2, 0.25) is 0 Å². The van der Waals surface area contributed by atoms with Crippen LogP contribution in [-0.2, 0) is 0 Å². The topological polar surface area (TPSA) is 61.3 Å². The summed E-state index contributed by atoms with van der Waals surface area (Å²) in [5.74, 6) is 0.741. The van der Waals surface area contributed by atoms with Crippen LogP contribution in [0.4, 0.5) is 5.13 Å². The molecule has 2 saturated heterocycles. The van der Waals surface area contributed by atoms with Crippen molar-refractivity contribution in [2.45, 2.75) is 38.2 Å². The van der Waals surface area contributed by atoms with Gasteiger partial charge in [0.15, 0.2) is 0 Å². The first-order valence-electron chi connectivity index (χ1n) is 7.10. The van der Waals surface area contributed by atoms with Crippen molar-refractivity contribution in [2.24, 2.45) is 5.92 Å². The number of piperidine rings is 2. The Hall–Kier alpha value is -0.720. The van der Waals surface area contributed by atoms with Gasteiger partial charge in [0.05, 0.1) is 5.60 Å². The first-order valence-corrected chi connectivity index (χ1v) is 7.91. The zero-order valence-corrected chi connectivity index (χ0v) is 12.4. The molecular formula is C13H22N4OS.